The van der Waals surface area contributed by atoms with Crippen LogP contribution in [0.3, 0.4) is 0 Å². The van der Waals surface area contributed by atoms with Crippen molar-refractivity contribution in [2.75, 3.05) is 13.1 Å². The zero-order valence-corrected chi connectivity index (χ0v) is 11.8. The summed E-state index contributed by atoms with van der Waals surface area (Å²) in [6, 6.07) is 4.67. The molecule has 0 saturated carbocycles. The van der Waals surface area contributed by atoms with E-state index in [1.54, 1.807) is 12.1 Å². The van der Waals surface area contributed by atoms with Crippen LogP contribution in [0.1, 0.15) is 24.6 Å². The third-order valence-electron chi connectivity index (χ3n) is 3.31. The van der Waals surface area contributed by atoms with Crippen LogP contribution in [0.2, 0.25) is 0 Å². The average Bonchev–Trinajstić information content (AvgIpc) is 2.93. The molecule has 0 radical (unpaired) electrons. The van der Waals surface area contributed by atoms with Gasteiger partial charge in [0, 0.05) is 11.5 Å². The van der Waals surface area contributed by atoms with Crippen molar-refractivity contribution in [2.45, 2.75) is 18.8 Å². The largest absolute Gasteiger partial charge is 0.334 e. The standard InChI is InChI=1S/C13H13BrFN3O/c14-10-7-9(1-2-11(10)15)13-17-12(18-19-13)8-3-5-16-6-4-8/h1-2,7-8,16H,3-6H2. The van der Waals surface area contributed by atoms with Gasteiger partial charge in [0.15, 0.2) is 5.82 Å². The highest BCUT2D eigenvalue weighted by molar-refractivity contribution is 9.10. The summed E-state index contributed by atoms with van der Waals surface area (Å²) in [5, 5.41) is 7.35. The molecule has 0 amide bonds. The van der Waals surface area contributed by atoms with Gasteiger partial charge < -0.3 is 9.84 Å². The van der Waals surface area contributed by atoms with E-state index in [-0.39, 0.29) is 5.82 Å². The molecule has 2 aromatic rings. The van der Waals surface area contributed by atoms with Gasteiger partial charge in [0.25, 0.3) is 5.89 Å². The highest BCUT2D eigenvalue weighted by Crippen LogP contribution is 2.27. The quantitative estimate of drug-likeness (QED) is 0.921. The summed E-state index contributed by atoms with van der Waals surface area (Å²) in [5.41, 5.74) is 0.723. The van der Waals surface area contributed by atoms with Gasteiger partial charge in [-0.25, -0.2) is 4.39 Å². The Morgan fingerprint density at radius 1 is 1.32 bits per heavy atom. The fraction of sp³-hybridized carbons (Fsp3) is 0.385. The number of nitrogens with zero attached hydrogens (tertiary/aromatic N) is 2. The number of rotatable bonds is 2. The molecule has 0 aliphatic carbocycles. The fourth-order valence-electron chi connectivity index (χ4n) is 2.23. The van der Waals surface area contributed by atoms with Crippen LogP contribution in [0, 0.1) is 5.82 Å². The van der Waals surface area contributed by atoms with E-state index in [2.05, 4.69) is 31.4 Å². The van der Waals surface area contributed by atoms with Crippen molar-refractivity contribution in [3.05, 3.63) is 34.3 Å². The van der Waals surface area contributed by atoms with Gasteiger partial charge in [0.1, 0.15) is 5.82 Å². The minimum absolute atomic E-state index is 0.304. The second-order valence-electron chi connectivity index (χ2n) is 4.61. The van der Waals surface area contributed by atoms with Crippen molar-refractivity contribution in [2.24, 2.45) is 0 Å². The van der Waals surface area contributed by atoms with E-state index in [1.807, 2.05) is 0 Å². The van der Waals surface area contributed by atoms with Gasteiger partial charge in [0.05, 0.1) is 4.47 Å². The Balaban J connectivity index is 1.85. The zero-order valence-electron chi connectivity index (χ0n) is 10.2. The molecule has 4 nitrogen and oxygen atoms in total. The lowest BCUT2D eigenvalue weighted by Gasteiger charge is -2.18. The highest BCUT2D eigenvalue weighted by atomic mass is 79.9. The summed E-state index contributed by atoms with van der Waals surface area (Å²) in [5.74, 6) is 1.23. The molecule has 1 aliphatic heterocycles. The maximum atomic E-state index is 13.2. The molecule has 1 fully saturated rings. The topological polar surface area (TPSA) is 51.0 Å². The molecular weight excluding hydrogens is 313 g/mol. The van der Waals surface area contributed by atoms with Crippen molar-refractivity contribution in [1.82, 2.24) is 15.5 Å². The predicted octanol–water partition coefficient (Wildman–Crippen LogP) is 3.11. The summed E-state index contributed by atoms with van der Waals surface area (Å²) in [6.07, 6.45) is 2.04. The normalized spacial score (nSPS) is 16.7. The van der Waals surface area contributed by atoms with Gasteiger partial charge in [-0.05, 0) is 60.1 Å². The molecule has 0 bridgehead atoms. The zero-order chi connectivity index (χ0) is 13.2. The van der Waals surface area contributed by atoms with Gasteiger partial charge in [-0.3, -0.25) is 0 Å². The van der Waals surface area contributed by atoms with E-state index in [0.29, 0.717) is 16.3 Å². The number of aromatic nitrogens is 2. The van der Waals surface area contributed by atoms with Crippen LogP contribution in [-0.2, 0) is 0 Å². The Kier molecular flexibility index (Phi) is 3.61. The first kappa shape index (κ1) is 12.7. The summed E-state index contributed by atoms with van der Waals surface area (Å²) in [6.45, 7) is 1.97. The third kappa shape index (κ3) is 2.69. The number of benzene rings is 1. The van der Waals surface area contributed by atoms with Crippen LogP contribution < -0.4 is 5.32 Å². The molecule has 19 heavy (non-hydrogen) atoms. The highest BCUT2D eigenvalue weighted by Gasteiger charge is 2.21. The Hall–Kier alpha value is -1.27. The van der Waals surface area contributed by atoms with Crippen LogP contribution in [0.25, 0.3) is 11.5 Å². The van der Waals surface area contributed by atoms with E-state index in [4.69, 9.17) is 4.52 Å². The lowest BCUT2D eigenvalue weighted by molar-refractivity contribution is 0.392. The predicted molar refractivity (Wildman–Crippen MR) is 72.2 cm³/mol. The van der Waals surface area contributed by atoms with Gasteiger partial charge in [0.2, 0.25) is 0 Å². The number of piperidine rings is 1. The molecule has 0 atom stereocenters. The second-order valence-corrected chi connectivity index (χ2v) is 5.47. The summed E-state index contributed by atoms with van der Waals surface area (Å²) >= 11 is 3.15. The van der Waals surface area contributed by atoms with E-state index in [1.165, 1.54) is 6.07 Å². The van der Waals surface area contributed by atoms with E-state index in [0.717, 1.165) is 37.3 Å². The molecule has 1 aromatic carbocycles. The molecule has 2 heterocycles. The van der Waals surface area contributed by atoms with Crippen molar-refractivity contribution in [3.8, 4) is 11.5 Å². The molecule has 1 N–H and O–H groups in total. The van der Waals surface area contributed by atoms with Gasteiger partial charge in [-0.1, -0.05) is 5.16 Å². The van der Waals surface area contributed by atoms with Crippen LogP contribution >= 0.6 is 15.9 Å². The Morgan fingerprint density at radius 3 is 2.84 bits per heavy atom. The van der Waals surface area contributed by atoms with Crippen LogP contribution in [0.15, 0.2) is 27.2 Å². The number of hydrogen-bond donors (Lipinski definition) is 1. The minimum atomic E-state index is -0.304. The van der Waals surface area contributed by atoms with Gasteiger partial charge in [-0.15, -0.1) is 0 Å². The molecular formula is C13H13BrFN3O. The van der Waals surface area contributed by atoms with Crippen molar-refractivity contribution in [3.63, 3.8) is 0 Å². The SMILES string of the molecule is Fc1ccc(-c2nc(C3CCNCC3)no2)cc1Br. The van der Waals surface area contributed by atoms with Gasteiger partial charge >= 0.3 is 0 Å². The lowest BCUT2D eigenvalue weighted by Crippen LogP contribution is -2.27. The van der Waals surface area contributed by atoms with Crippen molar-refractivity contribution >= 4 is 15.9 Å². The van der Waals surface area contributed by atoms with E-state index in [9.17, 15) is 4.39 Å². The molecule has 1 saturated heterocycles. The van der Waals surface area contributed by atoms with Crippen molar-refractivity contribution in [1.29, 1.82) is 0 Å². The van der Waals surface area contributed by atoms with E-state index >= 15 is 0 Å². The maximum Gasteiger partial charge on any atom is 0.257 e. The lowest BCUT2D eigenvalue weighted by atomic mass is 9.98. The summed E-state index contributed by atoms with van der Waals surface area (Å²) < 4.78 is 18.9. The number of halogens is 2. The summed E-state index contributed by atoms with van der Waals surface area (Å²) in [4.78, 5) is 4.43. The molecule has 1 aliphatic rings. The summed E-state index contributed by atoms with van der Waals surface area (Å²) in [7, 11) is 0. The first-order valence-corrected chi connectivity index (χ1v) is 7.03. The monoisotopic (exact) mass is 325 g/mol. The first-order valence-electron chi connectivity index (χ1n) is 6.24. The molecule has 0 unspecified atom stereocenters. The average molecular weight is 326 g/mol. The molecule has 3 rings (SSSR count). The van der Waals surface area contributed by atoms with Crippen LogP contribution in [-0.4, -0.2) is 23.2 Å². The smallest absolute Gasteiger partial charge is 0.257 e. The molecule has 6 heteroatoms. The number of nitrogens with one attached hydrogen (secondary N) is 1. The fourth-order valence-corrected chi connectivity index (χ4v) is 2.61. The first-order chi connectivity index (χ1) is 9.24. The van der Waals surface area contributed by atoms with Crippen LogP contribution in [0.5, 0.6) is 0 Å². The van der Waals surface area contributed by atoms with E-state index < -0.39 is 0 Å². The minimum Gasteiger partial charge on any atom is -0.334 e. The maximum absolute atomic E-state index is 13.2. The third-order valence-corrected chi connectivity index (χ3v) is 3.92. The Morgan fingerprint density at radius 2 is 2.11 bits per heavy atom. The van der Waals surface area contributed by atoms with Crippen molar-refractivity contribution < 1.29 is 8.91 Å². The Bertz CT molecular complexity index is 581. The number of hydrogen-bond acceptors (Lipinski definition) is 4. The Labute approximate surface area is 118 Å². The molecule has 100 valence electrons. The van der Waals surface area contributed by atoms with Gasteiger partial charge in [-0.2, -0.15) is 4.98 Å². The molecule has 0 spiro atoms. The molecule has 1 aromatic heterocycles. The second kappa shape index (κ2) is 5.38. The van der Waals surface area contributed by atoms with Crippen LogP contribution in [0.4, 0.5) is 4.39 Å².